The molecule has 164 valence electrons. The number of nitrogens with zero attached hydrogens (tertiary/aromatic N) is 1. The Morgan fingerprint density at radius 1 is 1.13 bits per heavy atom. The summed E-state index contributed by atoms with van der Waals surface area (Å²) in [6.45, 7) is 1.55. The maximum atomic E-state index is 12.7. The highest BCUT2D eigenvalue weighted by atomic mass is 32.2. The summed E-state index contributed by atoms with van der Waals surface area (Å²) in [5, 5.41) is 11.4. The Balaban J connectivity index is 1.56. The Hall–Kier alpha value is -2.89. The van der Waals surface area contributed by atoms with E-state index < -0.39 is 10.0 Å². The zero-order chi connectivity index (χ0) is 22.3. The number of sulfonamides is 1. The Bertz CT molecular complexity index is 1050. The monoisotopic (exact) mass is 441 g/mol. The topological polar surface area (TPSA) is 108 Å². The first kappa shape index (κ1) is 22.8. The van der Waals surface area contributed by atoms with E-state index >= 15 is 0 Å². The highest BCUT2D eigenvalue weighted by molar-refractivity contribution is 7.89. The van der Waals surface area contributed by atoms with Crippen LogP contribution in [-0.4, -0.2) is 27.0 Å². The number of carbonyl (C=O) groups excluding carboxylic acids is 1. The van der Waals surface area contributed by atoms with Gasteiger partial charge in [0.05, 0.1) is 17.4 Å². The molecule has 31 heavy (non-hydrogen) atoms. The van der Waals surface area contributed by atoms with Crippen LogP contribution in [0.15, 0.2) is 47.4 Å². The summed E-state index contributed by atoms with van der Waals surface area (Å²) in [6, 6.07) is 13.7. The first-order valence-corrected chi connectivity index (χ1v) is 11.9. The lowest BCUT2D eigenvalue weighted by molar-refractivity contribution is -0.118. The molecule has 0 radical (unpaired) electrons. The van der Waals surface area contributed by atoms with Crippen molar-refractivity contribution in [3.63, 3.8) is 0 Å². The smallest absolute Gasteiger partial charge is 0.262 e. The second-order valence-corrected chi connectivity index (χ2v) is 9.47. The normalized spacial score (nSPS) is 14.6. The van der Waals surface area contributed by atoms with E-state index in [2.05, 4.69) is 16.1 Å². The van der Waals surface area contributed by atoms with Crippen LogP contribution in [0.2, 0.25) is 0 Å². The number of benzene rings is 2. The zero-order valence-corrected chi connectivity index (χ0v) is 18.4. The van der Waals surface area contributed by atoms with Crippen molar-refractivity contribution in [1.29, 1.82) is 5.26 Å². The van der Waals surface area contributed by atoms with Gasteiger partial charge in [-0.25, -0.2) is 13.1 Å². The summed E-state index contributed by atoms with van der Waals surface area (Å²) in [7, 11) is -3.58. The van der Waals surface area contributed by atoms with Gasteiger partial charge in [0.2, 0.25) is 10.0 Å². The number of hydrogen-bond acceptors (Lipinski definition) is 5. The first-order chi connectivity index (χ1) is 14.9. The summed E-state index contributed by atoms with van der Waals surface area (Å²) in [6.07, 6.45) is 5.31. The van der Waals surface area contributed by atoms with Crippen LogP contribution in [0.4, 0.5) is 5.69 Å². The third-order valence-corrected chi connectivity index (χ3v) is 6.78. The summed E-state index contributed by atoms with van der Waals surface area (Å²) in [5.41, 5.74) is 2.13. The molecule has 0 spiro atoms. The highest BCUT2D eigenvalue weighted by Crippen LogP contribution is 2.24. The lowest BCUT2D eigenvalue weighted by Crippen LogP contribution is -2.36. The number of ether oxygens (including phenoxy) is 1. The summed E-state index contributed by atoms with van der Waals surface area (Å²) in [4.78, 5) is 12.4. The molecule has 1 saturated carbocycles. The molecule has 0 saturated heterocycles. The highest BCUT2D eigenvalue weighted by Gasteiger charge is 2.22. The van der Waals surface area contributed by atoms with Crippen molar-refractivity contribution < 1.29 is 17.9 Å². The van der Waals surface area contributed by atoms with Crippen LogP contribution in [0.3, 0.4) is 0 Å². The molecule has 7 nitrogen and oxygen atoms in total. The van der Waals surface area contributed by atoms with Gasteiger partial charge < -0.3 is 10.1 Å². The van der Waals surface area contributed by atoms with Crippen LogP contribution in [0.5, 0.6) is 5.75 Å². The van der Waals surface area contributed by atoms with Crippen molar-refractivity contribution in [3.8, 4) is 11.8 Å². The molecule has 2 aromatic carbocycles. The van der Waals surface area contributed by atoms with Gasteiger partial charge in [-0.05, 0) is 61.2 Å². The minimum absolute atomic E-state index is 0.00681. The van der Waals surface area contributed by atoms with Gasteiger partial charge in [0.15, 0.2) is 6.61 Å². The van der Waals surface area contributed by atoms with E-state index in [0.29, 0.717) is 23.4 Å². The van der Waals surface area contributed by atoms with Crippen molar-refractivity contribution in [2.24, 2.45) is 0 Å². The molecule has 0 aromatic heterocycles. The van der Waals surface area contributed by atoms with Crippen LogP contribution in [0, 0.1) is 18.3 Å². The van der Waals surface area contributed by atoms with Crippen LogP contribution in [0.1, 0.15) is 43.2 Å². The van der Waals surface area contributed by atoms with Crippen molar-refractivity contribution in [2.75, 3.05) is 11.9 Å². The van der Waals surface area contributed by atoms with E-state index in [-0.39, 0.29) is 23.5 Å². The van der Waals surface area contributed by atoms with Gasteiger partial charge in [0.25, 0.3) is 5.91 Å². The fourth-order valence-corrected chi connectivity index (χ4v) is 4.99. The standard InChI is InChI=1S/C23H27N3O4S/c1-17-15-21(31(28,29)26-20-5-3-2-4-6-20)11-12-22(17)30-16-23(27)25-19-9-7-18(8-10-19)13-14-24/h7-12,15,20,26H,2-6,13,16H2,1H3,(H,25,27). The molecule has 0 bridgehead atoms. The number of carbonyl (C=O) groups is 1. The molecule has 3 rings (SSSR count). The Morgan fingerprint density at radius 3 is 2.48 bits per heavy atom. The number of nitrogens with one attached hydrogen (secondary N) is 2. The maximum absolute atomic E-state index is 12.7. The first-order valence-electron chi connectivity index (χ1n) is 10.4. The van der Waals surface area contributed by atoms with Crippen LogP contribution in [-0.2, 0) is 21.2 Å². The largest absolute Gasteiger partial charge is 0.483 e. The second-order valence-electron chi connectivity index (χ2n) is 7.75. The molecule has 1 aliphatic rings. The van der Waals surface area contributed by atoms with E-state index in [1.807, 2.05) is 0 Å². The maximum Gasteiger partial charge on any atom is 0.262 e. The molecule has 0 aliphatic heterocycles. The minimum Gasteiger partial charge on any atom is -0.483 e. The Kier molecular flexibility index (Phi) is 7.66. The van der Waals surface area contributed by atoms with Crippen molar-refractivity contribution >= 4 is 21.6 Å². The van der Waals surface area contributed by atoms with Crippen molar-refractivity contribution in [1.82, 2.24) is 4.72 Å². The molecule has 2 N–H and O–H groups in total. The molecule has 2 aromatic rings. The molecule has 0 unspecified atom stereocenters. The average molecular weight is 442 g/mol. The van der Waals surface area contributed by atoms with Crippen LogP contribution in [0.25, 0.3) is 0 Å². The van der Waals surface area contributed by atoms with Gasteiger partial charge in [0, 0.05) is 11.7 Å². The van der Waals surface area contributed by atoms with Gasteiger partial charge in [-0.1, -0.05) is 31.4 Å². The summed E-state index contributed by atoms with van der Waals surface area (Å²) in [5.74, 6) is 0.124. The van der Waals surface area contributed by atoms with E-state index in [9.17, 15) is 13.2 Å². The lowest BCUT2D eigenvalue weighted by Gasteiger charge is -2.22. The second kappa shape index (κ2) is 10.4. The fraction of sp³-hybridized carbons (Fsp3) is 0.391. The summed E-state index contributed by atoms with van der Waals surface area (Å²) < 4.78 is 33.7. The van der Waals surface area contributed by atoms with Crippen LogP contribution >= 0.6 is 0 Å². The predicted molar refractivity (Wildman–Crippen MR) is 118 cm³/mol. The fourth-order valence-electron chi connectivity index (χ4n) is 3.60. The van der Waals surface area contributed by atoms with E-state index in [0.717, 1.165) is 37.7 Å². The zero-order valence-electron chi connectivity index (χ0n) is 17.6. The Labute approximate surface area is 183 Å². The third-order valence-electron chi connectivity index (χ3n) is 5.26. The molecule has 1 aliphatic carbocycles. The number of rotatable bonds is 8. The van der Waals surface area contributed by atoms with Gasteiger partial charge in [-0.15, -0.1) is 0 Å². The molecule has 8 heteroatoms. The van der Waals surface area contributed by atoms with Crippen molar-refractivity contribution in [3.05, 3.63) is 53.6 Å². The number of hydrogen-bond donors (Lipinski definition) is 2. The van der Waals surface area contributed by atoms with E-state index in [4.69, 9.17) is 10.00 Å². The van der Waals surface area contributed by atoms with E-state index in [1.54, 1.807) is 43.3 Å². The van der Waals surface area contributed by atoms with Gasteiger partial charge >= 0.3 is 0 Å². The van der Waals surface area contributed by atoms with E-state index in [1.165, 1.54) is 6.07 Å². The quantitative estimate of drug-likeness (QED) is 0.649. The third kappa shape index (κ3) is 6.54. The number of amides is 1. The number of anilines is 1. The van der Waals surface area contributed by atoms with Gasteiger partial charge in [0.1, 0.15) is 5.75 Å². The van der Waals surface area contributed by atoms with Crippen LogP contribution < -0.4 is 14.8 Å². The molecule has 1 amide bonds. The Morgan fingerprint density at radius 2 is 1.84 bits per heavy atom. The SMILES string of the molecule is Cc1cc(S(=O)(=O)NC2CCCCC2)ccc1OCC(=O)Nc1ccc(CC#N)cc1. The summed E-state index contributed by atoms with van der Waals surface area (Å²) >= 11 is 0. The molecular formula is C23H27N3O4S. The number of nitriles is 1. The van der Waals surface area contributed by atoms with Gasteiger partial charge in [-0.3, -0.25) is 4.79 Å². The van der Waals surface area contributed by atoms with Crippen molar-refractivity contribution in [2.45, 2.75) is 56.4 Å². The minimum atomic E-state index is -3.58. The number of aryl methyl sites for hydroxylation is 1. The molecule has 1 fully saturated rings. The molecular weight excluding hydrogens is 414 g/mol. The lowest BCUT2D eigenvalue weighted by atomic mass is 9.96. The predicted octanol–water partition coefficient (Wildman–Crippen LogP) is 3.69. The average Bonchev–Trinajstić information content (AvgIpc) is 2.75. The molecule has 0 atom stereocenters. The molecule has 0 heterocycles. The van der Waals surface area contributed by atoms with Gasteiger partial charge in [-0.2, -0.15) is 5.26 Å².